The van der Waals surface area contributed by atoms with E-state index in [1.807, 2.05) is 6.08 Å². The number of rotatable bonds is 29. The van der Waals surface area contributed by atoms with E-state index in [-0.39, 0.29) is 6.61 Å². The summed E-state index contributed by atoms with van der Waals surface area (Å²) in [7, 11) is 0. The fourth-order valence-electron chi connectivity index (χ4n) is 4.74. The maximum atomic E-state index is 12.3. The summed E-state index contributed by atoms with van der Waals surface area (Å²) in [6, 6.07) is -0.815. The summed E-state index contributed by atoms with van der Waals surface area (Å²) in [6.45, 7) is 4.09. The maximum absolute atomic E-state index is 12.3. The van der Waals surface area contributed by atoms with Crippen molar-refractivity contribution in [3.8, 4) is 0 Å². The lowest BCUT2D eigenvalue weighted by Gasteiger charge is -2.21. The van der Waals surface area contributed by atoms with Gasteiger partial charge in [-0.1, -0.05) is 147 Å². The van der Waals surface area contributed by atoms with Gasteiger partial charge in [-0.3, -0.25) is 4.79 Å². The molecule has 5 heteroatoms. The first-order valence-corrected chi connectivity index (χ1v) is 16.8. The van der Waals surface area contributed by atoms with Crippen molar-refractivity contribution in [1.82, 2.24) is 5.32 Å². The first-order chi connectivity index (χ1) is 19.6. The van der Waals surface area contributed by atoms with E-state index in [1.54, 1.807) is 6.08 Å². The Morgan fingerprint density at radius 2 is 1.02 bits per heavy atom. The molecule has 3 atom stereocenters. The van der Waals surface area contributed by atoms with Crippen LogP contribution >= 0.6 is 0 Å². The monoisotopic (exact) mass is 563 g/mol. The molecule has 0 aliphatic rings. The van der Waals surface area contributed by atoms with Crippen molar-refractivity contribution in [3.63, 3.8) is 0 Å². The van der Waals surface area contributed by atoms with Crippen molar-refractivity contribution in [3.05, 3.63) is 36.5 Å². The van der Waals surface area contributed by atoms with Gasteiger partial charge in [-0.15, -0.1) is 0 Å². The van der Waals surface area contributed by atoms with Gasteiger partial charge in [0.05, 0.1) is 18.8 Å². The normalized spacial score (nSPS) is 14.4. The van der Waals surface area contributed by atoms with Crippen molar-refractivity contribution in [2.75, 3.05) is 6.61 Å². The number of hydrogen-bond acceptors (Lipinski definition) is 4. The number of carbonyl (C=O) groups is 1. The third kappa shape index (κ3) is 25.5. The highest BCUT2D eigenvalue weighted by Gasteiger charge is 2.22. The standard InChI is InChI=1S/C35H65NO4/c1-3-5-7-9-11-13-14-15-16-17-18-19-20-21-22-24-25-27-29-33(38)32(31-37)36-35(40)34(39)30-28-26-23-12-10-8-6-4-2/h17-18,21-22,27,29,32-34,37-39H,3-16,19-20,23-26,28,30-31H2,1-2H3,(H,36,40)/b18-17+,22-21+,29-27+. The average Bonchev–Trinajstić information content (AvgIpc) is 2.96. The van der Waals surface area contributed by atoms with Crippen LogP contribution in [-0.2, 0) is 4.79 Å². The van der Waals surface area contributed by atoms with Crippen LogP contribution in [-0.4, -0.2) is 46.1 Å². The molecule has 4 N–H and O–H groups in total. The fraction of sp³-hybridized carbons (Fsp3) is 0.800. The lowest BCUT2D eigenvalue weighted by molar-refractivity contribution is -0.131. The highest BCUT2D eigenvalue weighted by atomic mass is 16.3. The molecule has 0 spiro atoms. The Morgan fingerprint density at radius 3 is 1.52 bits per heavy atom. The van der Waals surface area contributed by atoms with Crippen LogP contribution in [0.2, 0.25) is 0 Å². The van der Waals surface area contributed by atoms with Crippen LogP contribution in [0.25, 0.3) is 0 Å². The smallest absolute Gasteiger partial charge is 0.249 e. The van der Waals surface area contributed by atoms with E-state index in [2.05, 4.69) is 43.5 Å². The van der Waals surface area contributed by atoms with Gasteiger partial charge in [-0.2, -0.15) is 0 Å². The molecule has 0 aromatic rings. The van der Waals surface area contributed by atoms with Gasteiger partial charge in [0.1, 0.15) is 6.10 Å². The third-order valence-corrected chi connectivity index (χ3v) is 7.46. The molecule has 0 rings (SSSR count). The number of aliphatic hydroxyl groups is 3. The van der Waals surface area contributed by atoms with Crippen LogP contribution < -0.4 is 5.32 Å². The quantitative estimate of drug-likeness (QED) is 0.0543. The summed E-state index contributed by atoms with van der Waals surface area (Å²) in [4.78, 5) is 12.3. The van der Waals surface area contributed by atoms with Crippen molar-refractivity contribution in [1.29, 1.82) is 0 Å². The minimum atomic E-state index is -1.10. The van der Waals surface area contributed by atoms with Gasteiger partial charge in [0.15, 0.2) is 0 Å². The highest BCUT2D eigenvalue weighted by Crippen LogP contribution is 2.12. The molecule has 0 aromatic heterocycles. The molecule has 0 aromatic carbocycles. The minimum absolute atomic E-state index is 0.381. The predicted molar refractivity (Wildman–Crippen MR) is 171 cm³/mol. The van der Waals surface area contributed by atoms with Crippen molar-refractivity contribution < 1.29 is 20.1 Å². The highest BCUT2D eigenvalue weighted by molar-refractivity contribution is 5.80. The molecule has 0 aliphatic carbocycles. The summed E-state index contributed by atoms with van der Waals surface area (Å²) in [5.74, 6) is -0.524. The Kier molecular flexibility index (Phi) is 29.4. The van der Waals surface area contributed by atoms with E-state index in [4.69, 9.17) is 0 Å². The van der Waals surface area contributed by atoms with Gasteiger partial charge in [0.25, 0.3) is 0 Å². The van der Waals surface area contributed by atoms with Crippen LogP contribution in [0.15, 0.2) is 36.5 Å². The minimum Gasteiger partial charge on any atom is -0.394 e. The number of hydrogen-bond donors (Lipinski definition) is 4. The summed E-state index contributed by atoms with van der Waals surface area (Å²) < 4.78 is 0. The van der Waals surface area contributed by atoms with Crippen LogP contribution in [0.4, 0.5) is 0 Å². The van der Waals surface area contributed by atoms with Gasteiger partial charge >= 0.3 is 0 Å². The van der Waals surface area contributed by atoms with E-state index >= 15 is 0 Å². The third-order valence-electron chi connectivity index (χ3n) is 7.46. The van der Waals surface area contributed by atoms with E-state index in [1.165, 1.54) is 89.9 Å². The van der Waals surface area contributed by atoms with Crippen LogP contribution in [0.1, 0.15) is 155 Å². The van der Waals surface area contributed by atoms with E-state index in [9.17, 15) is 20.1 Å². The van der Waals surface area contributed by atoms with Crippen molar-refractivity contribution in [2.45, 2.75) is 173 Å². The van der Waals surface area contributed by atoms with Crippen LogP contribution in [0, 0.1) is 0 Å². The predicted octanol–water partition coefficient (Wildman–Crippen LogP) is 8.48. The molecule has 0 saturated carbocycles. The van der Waals surface area contributed by atoms with Crippen molar-refractivity contribution >= 4 is 5.91 Å². The van der Waals surface area contributed by atoms with Gasteiger partial charge in [0.2, 0.25) is 5.91 Å². The Labute approximate surface area is 247 Å². The second kappa shape index (κ2) is 30.5. The van der Waals surface area contributed by atoms with Gasteiger partial charge in [-0.25, -0.2) is 0 Å². The molecule has 0 bridgehead atoms. The number of amides is 1. The zero-order chi connectivity index (χ0) is 29.5. The molecule has 0 radical (unpaired) electrons. The number of carbonyl (C=O) groups excluding carboxylic acids is 1. The first kappa shape index (κ1) is 38.6. The number of allylic oxidation sites excluding steroid dienone is 5. The number of aliphatic hydroxyl groups excluding tert-OH is 3. The molecule has 0 aliphatic heterocycles. The fourth-order valence-corrected chi connectivity index (χ4v) is 4.74. The molecular formula is C35H65NO4. The molecule has 0 saturated heterocycles. The second-order valence-corrected chi connectivity index (χ2v) is 11.4. The number of unbranched alkanes of at least 4 members (excludes halogenated alkanes) is 17. The van der Waals surface area contributed by atoms with E-state index in [0.29, 0.717) is 6.42 Å². The second-order valence-electron chi connectivity index (χ2n) is 11.4. The molecular weight excluding hydrogens is 498 g/mol. The van der Waals surface area contributed by atoms with E-state index in [0.717, 1.165) is 44.9 Å². The zero-order valence-electron chi connectivity index (χ0n) is 26.2. The lowest BCUT2D eigenvalue weighted by Crippen LogP contribution is -2.48. The largest absolute Gasteiger partial charge is 0.394 e. The Balaban J connectivity index is 3.86. The molecule has 3 unspecified atom stereocenters. The zero-order valence-corrected chi connectivity index (χ0v) is 26.2. The Bertz CT molecular complexity index is 631. The summed E-state index contributed by atoms with van der Waals surface area (Å²) >= 11 is 0. The maximum Gasteiger partial charge on any atom is 0.249 e. The van der Waals surface area contributed by atoms with Gasteiger partial charge in [0, 0.05) is 0 Å². The molecule has 1 amide bonds. The average molecular weight is 564 g/mol. The summed E-state index contributed by atoms with van der Waals surface area (Å²) in [6.07, 6.45) is 35.9. The van der Waals surface area contributed by atoms with Gasteiger partial charge < -0.3 is 20.6 Å². The Morgan fingerprint density at radius 1 is 0.600 bits per heavy atom. The topological polar surface area (TPSA) is 89.8 Å². The SMILES string of the molecule is CCCCCCCCCC/C=C/CC/C=C/CC/C=C/C(O)C(CO)NC(=O)C(O)CCCCCCCCCC. The van der Waals surface area contributed by atoms with Crippen LogP contribution in [0.3, 0.4) is 0 Å². The lowest BCUT2D eigenvalue weighted by atomic mass is 10.0. The summed E-state index contributed by atoms with van der Waals surface area (Å²) in [5, 5.41) is 32.7. The number of nitrogens with one attached hydrogen (secondary N) is 1. The van der Waals surface area contributed by atoms with E-state index < -0.39 is 24.2 Å². The Hall–Kier alpha value is -1.43. The van der Waals surface area contributed by atoms with Crippen LogP contribution in [0.5, 0.6) is 0 Å². The molecule has 40 heavy (non-hydrogen) atoms. The molecule has 0 fully saturated rings. The van der Waals surface area contributed by atoms with Gasteiger partial charge in [-0.05, 0) is 44.9 Å². The first-order valence-electron chi connectivity index (χ1n) is 16.8. The van der Waals surface area contributed by atoms with Crippen molar-refractivity contribution in [2.24, 2.45) is 0 Å². The summed E-state index contributed by atoms with van der Waals surface area (Å²) in [5.41, 5.74) is 0. The molecule has 5 nitrogen and oxygen atoms in total. The molecule has 0 heterocycles. The molecule has 234 valence electrons.